The number of amides is 1. The number of rotatable bonds is 2. The number of aromatic nitrogens is 1. The van der Waals surface area contributed by atoms with Gasteiger partial charge in [0.15, 0.2) is 0 Å². The highest BCUT2D eigenvalue weighted by molar-refractivity contribution is 9.10. The third-order valence-electron chi connectivity index (χ3n) is 2.69. The van der Waals surface area contributed by atoms with Crippen LogP contribution in [-0.2, 0) is 0 Å². The molecule has 18 heavy (non-hydrogen) atoms. The largest absolute Gasteiger partial charge is 0.321 e. The lowest BCUT2D eigenvalue weighted by Gasteiger charge is -2.10. The normalized spacial score (nSPS) is 10.2. The molecule has 92 valence electrons. The second-order valence-corrected chi connectivity index (χ2v) is 4.82. The van der Waals surface area contributed by atoms with Crippen LogP contribution in [0, 0.1) is 13.8 Å². The quantitative estimate of drug-likeness (QED) is 0.919. The molecule has 0 aliphatic heterocycles. The van der Waals surface area contributed by atoms with Gasteiger partial charge in [0.2, 0.25) is 0 Å². The average molecular weight is 305 g/mol. The second kappa shape index (κ2) is 5.31. The van der Waals surface area contributed by atoms with Gasteiger partial charge in [0.1, 0.15) is 0 Å². The van der Waals surface area contributed by atoms with Crippen LogP contribution in [0.3, 0.4) is 0 Å². The van der Waals surface area contributed by atoms with E-state index in [1.165, 1.54) is 0 Å². The van der Waals surface area contributed by atoms with Gasteiger partial charge in [-0.25, -0.2) is 0 Å². The predicted octanol–water partition coefficient (Wildman–Crippen LogP) is 3.71. The average Bonchev–Trinajstić information content (AvgIpc) is 2.35. The van der Waals surface area contributed by atoms with Gasteiger partial charge in [0.25, 0.3) is 5.91 Å². The zero-order valence-corrected chi connectivity index (χ0v) is 11.8. The van der Waals surface area contributed by atoms with Crippen LogP contribution in [0.4, 0.5) is 5.69 Å². The minimum atomic E-state index is -0.146. The van der Waals surface area contributed by atoms with E-state index in [1.807, 2.05) is 32.0 Å². The molecule has 0 saturated heterocycles. The van der Waals surface area contributed by atoms with Gasteiger partial charge in [0, 0.05) is 16.4 Å². The maximum absolute atomic E-state index is 12.1. The van der Waals surface area contributed by atoms with Crippen molar-refractivity contribution in [2.45, 2.75) is 13.8 Å². The zero-order chi connectivity index (χ0) is 13.1. The summed E-state index contributed by atoms with van der Waals surface area (Å²) in [5, 5.41) is 2.88. The molecule has 1 heterocycles. The number of carbonyl (C=O) groups is 1. The molecule has 3 nitrogen and oxygen atoms in total. The Morgan fingerprint density at radius 1 is 1.22 bits per heavy atom. The predicted molar refractivity (Wildman–Crippen MR) is 75.8 cm³/mol. The highest BCUT2D eigenvalue weighted by Crippen LogP contribution is 2.26. The molecule has 2 rings (SSSR count). The molecule has 0 aliphatic carbocycles. The molecule has 0 spiro atoms. The minimum absolute atomic E-state index is 0.146. The van der Waals surface area contributed by atoms with Gasteiger partial charge < -0.3 is 5.32 Å². The van der Waals surface area contributed by atoms with Gasteiger partial charge in [-0.15, -0.1) is 0 Å². The number of anilines is 1. The fourth-order valence-electron chi connectivity index (χ4n) is 1.66. The number of halogens is 1. The molecule has 2 aromatic rings. The first-order chi connectivity index (χ1) is 8.59. The molecule has 1 N–H and O–H groups in total. The van der Waals surface area contributed by atoms with E-state index in [0.717, 1.165) is 21.4 Å². The Balaban J connectivity index is 2.27. The summed E-state index contributed by atoms with van der Waals surface area (Å²) in [5.74, 6) is -0.146. The van der Waals surface area contributed by atoms with Gasteiger partial charge >= 0.3 is 0 Å². The summed E-state index contributed by atoms with van der Waals surface area (Å²) in [4.78, 5) is 16.2. The molecule has 0 fully saturated rings. The van der Waals surface area contributed by atoms with E-state index in [0.29, 0.717) is 5.56 Å². The van der Waals surface area contributed by atoms with Crippen LogP contribution in [0.1, 0.15) is 21.6 Å². The van der Waals surface area contributed by atoms with Crippen LogP contribution in [0.5, 0.6) is 0 Å². The number of aryl methyl sites for hydroxylation is 2. The van der Waals surface area contributed by atoms with Gasteiger partial charge in [-0.05, 0) is 53.5 Å². The van der Waals surface area contributed by atoms with Crippen LogP contribution >= 0.6 is 15.9 Å². The van der Waals surface area contributed by atoms with Gasteiger partial charge in [-0.2, -0.15) is 0 Å². The summed E-state index contributed by atoms with van der Waals surface area (Å²) < 4.78 is 0.903. The molecule has 0 bridgehead atoms. The second-order valence-electron chi connectivity index (χ2n) is 4.03. The van der Waals surface area contributed by atoms with Crippen molar-refractivity contribution in [2.24, 2.45) is 0 Å². The van der Waals surface area contributed by atoms with Crippen molar-refractivity contribution in [2.75, 3.05) is 5.32 Å². The highest BCUT2D eigenvalue weighted by Gasteiger charge is 2.11. The van der Waals surface area contributed by atoms with E-state index < -0.39 is 0 Å². The van der Waals surface area contributed by atoms with E-state index in [-0.39, 0.29) is 5.91 Å². The van der Waals surface area contributed by atoms with E-state index in [2.05, 4.69) is 26.2 Å². The molecule has 0 unspecified atom stereocenters. The van der Waals surface area contributed by atoms with Crippen molar-refractivity contribution in [3.63, 3.8) is 0 Å². The van der Waals surface area contributed by atoms with Crippen molar-refractivity contribution >= 4 is 27.5 Å². The highest BCUT2D eigenvalue weighted by atomic mass is 79.9. The van der Waals surface area contributed by atoms with Crippen molar-refractivity contribution in [3.05, 3.63) is 57.8 Å². The Morgan fingerprint density at radius 2 is 2.00 bits per heavy atom. The van der Waals surface area contributed by atoms with Gasteiger partial charge in [0.05, 0.1) is 11.3 Å². The molecule has 4 heteroatoms. The first kappa shape index (κ1) is 12.8. The summed E-state index contributed by atoms with van der Waals surface area (Å²) in [7, 11) is 0. The standard InChI is InChI=1S/C14H13BrN2O/c1-9-5-3-7-12(13(9)15)17-14(18)11-6-4-8-16-10(11)2/h3-8H,1-2H3,(H,17,18). The maximum Gasteiger partial charge on any atom is 0.257 e. The number of hydrogen-bond donors (Lipinski definition) is 1. The third-order valence-corrected chi connectivity index (χ3v) is 3.74. The van der Waals surface area contributed by atoms with E-state index >= 15 is 0 Å². The molecular weight excluding hydrogens is 292 g/mol. The smallest absolute Gasteiger partial charge is 0.257 e. The Hall–Kier alpha value is -1.68. The van der Waals surface area contributed by atoms with Crippen LogP contribution in [0.25, 0.3) is 0 Å². The lowest BCUT2D eigenvalue weighted by Crippen LogP contribution is -2.14. The summed E-state index contributed by atoms with van der Waals surface area (Å²) >= 11 is 3.47. The minimum Gasteiger partial charge on any atom is -0.321 e. The van der Waals surface area contributed by atoms with Crippen molar-refractivity contribution < 1.29 is 4.79 Å². The maximum atomic E-state index is 12.1. The van der Waals surface area contributed by atoms with Crippen LogP contribution in [0.2, 0.25) is 0 Å². The molecule has 0 atom stereocenters. The van der Waals surface area contributed by atoms with Crippen LogP contribution in [0.15, 0.2) is 41.0 Å². The topological polar surface area (TPSA) is 42.0 Å². The summed E-state index contributed by atoms with van der Waals surface area (Å²) in [6, 6.07) is 9.27. The molecule has 0 aliphatic rings. The molecule has 1 amide bonds. The Kier molecular flexibility index (Phi) is 3.77. The van der Waals surface area contributed by atoms with Gasteiger partial charge in [-0.1, -0.05) is 12.1 Å². The van der Waals surface area contributed by atoms with E-state index in [9.17, 15) is 4.79 Å². The van der Waals surface area contributed by atoms with Crippen molar-refractivity contribution in [3.8, 4) is 0 Å². The SMILES string of the molecule is Cc1cccc(NC(=O)c2cccnc2C)c1Br. The lowest BCUT2D eigenvalue weighted by molar-refractivity contribution is 0.102. The summed E-state index contributed by atoms with van der Waals surface area (Å²) in [5.41, 5.74) is 3.16. The van der Waals surface area contributed by atoms with Crippen LogP contribution < -0.4 is 5.32 Å². The number of carbonyl (C=O) groups excluding carboxylic acids is 1. The fraction of sp³-hybridized carbons (Fsp3) is 0.143. The first-order valence-electron chi connectivity index (χ1n) is 5.57. The number of nitrogens with zero attached hydrogens (tertiary/aromatic N) is 1. The third kappa shape index (κ3) is 2.59. The van der Waals surface area contributed by atoms with E-state index in [4.69, 9.17) is 0 Å². The zero-order valence-electron chi connectivity index (χ0n) is 10.2. The van der Waals surface area contributed by atoms with E-state index in [1.54, 1.807) is 18.3 Å². The van der Waals surface area contributed by atoms with Crippen LogP contribution in [-0.4, -0.2) is 10.9 Å². The monoisotopic (exact) mass is 304 g/mol. The number of benzene rings is 1. The fourth-order valence-corrected chi connectivity index (χ4v) is 2.02. The summed E-state index contributed by atoms with van der Waals surface area (Å²) in [6.07, 6.45) is 1.68. The van der Waals surface area contributed by atoms with Gasteiger partial charge in [-0.3, -0.25) is 9.78 Å². The Morgan fingerprint density at radius 3 is 2.72 bits per heavy atom. The molecule has 1 aromatic heterocycles. The molecule has 0 saturated carbocycles. The lowest BCUT2D eigenvalue weighted by atomic mass is 10.1. The molecule has 1 aromatic carbocycles. The summed E-state index contributed by atoms with van der Waals surface area (Å²) in [6.45, 7) is 3.80. The Labute approximate surface area is 114 Å². The first-order valence-corrected chi connectivity index (χ1v) is 6.37. The number of nitrogens with one attached hydrogen (secondary N) is 1. The Bertz CT molecular complexity index is 596. The molecule has 0 radical (unpaired) electrons. The molecular formula is C14H13BrN2O. The van der Waals surface area contributed by atoms with Crippen molar-refractivity contribution in [1.29, 1.82) is 0 Å². The number of pyridine rings is 1. The number of hydrogen-bond acceptors (Lipinski definition) is 2. The van der Waals surface area contributed by atoms with Crippen molar-refractivity contribution in [1.82, 2.24) is 4.98 Å².